The third kappa shape index (κ3) is 2.45. The van der Waals surface area contributed by atoms with Crippen LogP contribution in [0.4, 0.5) is 0 Å². The van der Waals surface area contributed by atoms with Crippen molar-refractivity contribution in [1.29, 1.82) is 0 Å². The molecule has 0 aromatic heterocycles. The maximum absolute atomic E-state index is 12.6. The average molecular weight is 256 g/mol. The van der Waals surface area contributed by atoms with Crippen molar-refractivity contribution in [2.24, 2.45) is 11.1 Å². The van der Waals surface area contributed by atoms with E-state index in [9.17, 15) is 4.79 Å². The number of hydrogen-bond donors (Lipinski definition) is 1. The van der Waals surface area contributed by atoms with E-state index in [1.165, 1.54) is 6.42 Å². The molecule has 0 aromatic rings. The average Bonchev–Trinajstić information content (AvgIpc) is 2.39. The maximum Gasteiger partial charge on any atom is 0.235 e. The number of nitrogens with two attached hydrogens (primary N) is 1. The van der Waals surface area contributed by atoms with Gasteiger partial charge in [0, 0.05) is 26.3 Å². The van der Waals surface area contributed by atoms with Crippen molar-refractivity contribution in [2.45, 2.75) is 32.1 Å². The molecule has 5 heteroatoms. The molecule has 2 aliphatic heterocycles. The molecule has 0 aromatic carbocycles. The quantitative estimate of drug-likeness (QED) is 0.751. The van der Waals surface area contributed by atoms with E-state index in [1.807, 2.05) is 4.90 Å². The van der Waals surface area contributed by atoms with Crippen molar-refractivity contribution in [3.05, 3.63) is 0 Å². The number of likely N-dealkylation sites (tertiary alicyclic amines) is 1. The molecule has 2 rings (SSSR count). The van der Waals surface area contributed by atoms with Gasteiger partial charge < -0.3 is 15.4 Å². The van der Waals surface area contributed by atoms with E-state index in [1.54, 1.807) is 0 Å². The first-order valence-corrected chi connectivity index (χ1v) is 6.75. The van der Waals surface area contributed by atoms with Crippen molar-refractivity contribution >= 4 is 23.1 Å². The number of nitrogens with zero attached hydrogens (tertiary/aromatic N) is 1. The first kappa shape index (κ1) is 12.8. The van der Waals surface area contributed by atoms with Gasteiger partial charge in [0.25, 0.3) is 0 Å². The SMILES string of the molecule is NC(=S)C1(C(=O)N2CCCCC2)CCOCC1. The van der Waals surface area contributed by atoms with Crippen LogP contribution in [-0.2, 0) is 9.53 Å². The molecule has 96 valence electrons. The van der Waals surface area contributed by atoms with E-state index in [-0.39, 0.29) is 5.91 Å². The minimum Gasteiger partial charge on any atom is -0.392 e. The number of hydrogen-bond acceptors (Lipinski definition) is 3. The van der Waals surface area contributed by atoms with Crippen LogP contribution in [0.15, 0.2) is 0 Å². The minimum atomic E-state index is -0.634. The molecule has 2 N–H and O–H groups in total. The second-order valence-electron chi connectivity index (χ2n) is 4.91. The fraction of sp³-hybridized carbons (Fsp3) is 0.833. The normalized spacial score (nSPS) is 24.4. The second-order valence-corrected chi connectivity index (χ2v) is 5.35. The molecule has 0 atom stereocenters. The Kier molecular flexibility index (Phi) is 3.99. The summed E-state index contributed by atoms with van der Waals surface area (Å²) in [5.41, 5.74) is 5.20. The number of piperidine rings is 1. The number of carbonyl (C=O) groups is 1. The van der Waals surface area contributed by atoms with Gasteiger partial charge in [0.2, 0.25) is 5.91 Å². The highest BCUT2D eigenvalue weighted by molar-refractivity contribution is 7.80. The molecule has 0 bridgehead atoms. The highest BCUT2D eigenvalue weighted by atomic mass is 32.1. The molecule has 0 saturated carbocycles. The van der Waals surface area contributed by atoms with Gasteiger partial charge in [0.1, 0.15) is 5.41 Å². The Labute approximate surface area is 107 Å². The van der Waals surface area contributed by atoms with E-state index >= 15 is 0 Å². The highest BCUT2D eigenvalue weighted by Crippen LogP contribution is 2.34. The van der Waals surface area contributed by atoms with Crippen LogP contribution in [0.5, 0.6) is 0 Å². The number of carbonyl (C=O) groups excluding carboxylic acids is 1. The zero-order valence-corrected chi connectivity index (χ0v) is 10.9. The molecule has 0 spiro atoms. The zero-order valence-electron chi connectivity index (χ0n) is 10.1. The van der Waals surface area contributed by atoms with E-state index in [0.717, 1.165) is 25.9 Å². The van der Waals surface area contributed by atoms with Crippen molar-refractivity contribution in [1.82, 2.24) is 4.90 Å². The number of ether oxygens (including phenoxy) is 1. The van der Waals surface area contributed by atoms with Gasteiger partial charge in [-0.1, -0.05) is 12.2 Å². The van der Waals surface area contributed by atoms with Crippen LogP contribution < -0.4 is 5.73 Å². The third-order valence-corrected chi connectivity index (χ3v) is 4.26. The van der Waals surface area contributed by atoms with E-state index in [2.05, 4.69) is 0 Å². The Hall–Kier alpha value is -0.680. The third-order valence-electron chi connectivity index (χ3n) is 3.87. The Morgan fingerprint density at radius 2 is 1.76 bits per heavy atom. The van der Waals surface area contributed by atoms with Gasteiger partial charge in [-0.25, -0.2) is 0 Å². The van der Waals surface area contributed by atoms with Gasteiger partial charge in [-0.05, 0) is 32.1 Å². The summed E-state index contributed by atoms with van der Waals surface area (Å²) in [5, 5.41) is 0. The maximum atomic E-state index is 12.6. The first-order valence-electron chi connectivity index (χ1n) is 6.34. The molecule has 0 radical (unpaired) electrons. The summed E-state index contributed by atoms with van der Waals surface area (Å²) in [6.07, 6.45) is 4.67. The number of rotatable bonds is 2. The standard InChI is InChI=1S/C12H20N2O2S/c13-10(17)12(4-8-16-9-5-12)11(15)14-6-2-1-3-7-14/h1-9H2,(H2,13,17). The molecular formula is C12H20N2O2S. The molecule has 0 aliphatic carbocycles. The van der Waals surface area contributed by atoms with Crippen LogP contribution in [0.25, 0.3) is 0 Å². The second kappa shape index (κ2) is 5.31. The Balaban J connectivity index is 2.14. The van der Waals surface area contributed by atoms with Crippen LogP contribution >= 0.6 is 12.2 Å². The molecular weight excluding hydrogens is 236 g/mol. The fourth-order valence-corrected chi connectivity index (χ4v) is 2.98. The molecule has 2 aliphatic rings. The summed E-state index contributed by atoms with van der Waals surface area (Å²) in [5.74, 6) is 0.132. The van der Waals surface area contributed by atoms with Crippen LogP contribution in [0, 0.1) is 5.41 Å². The summed E-state index contributed by atoms with van der Waals surface area (Å²) >= 11 is 5.15. The van der Waals surface area contributed by atoms with Crippen molar-refractivity contribution in [3.8, 4) is 0 Å². The molecule has 2 heterocycles. The summed E-state index contributed by atoms with van der Waals surface area (Å²) in [7, 11) is 0. The topological polar surface area (TPSA) is 55.6 Å². The Morgan fingerprint density at radius 3 is 2.29 bits per heavy atom. The summed E-state index contributed by atoms with van der Waals surface area (Å²) < 4.78 is 5.33. The monoisotopic (exact) mass is 256 g/mol. The lowest BCUT2D eigenvalue weighted by atomic mass is 9.78. The van der Waals surface area contributed by atoms with Gasteiger partial charge in [-0.3, -0.25) is 4.79 Å². The minimum absolute atomic E-state index is 0.132. The lowest BCUT2D eigenvalue weighted by molar-refractivity contribution is -0.143. The van der Waals surface area contributed by atoms with E-state index in [4.69, 9.17) is 22.7 Å². The Morgan fingerprint density at radius 1 is 1.18 bits per heavy atom. The smallest absolute Gasteiger partial charge is 0.235 e. The van der Waals surface area contributed by atoms with Crippen LogP contribution in [0.2, 0.25) is 0 Å². The molecule has 1 amide bonds. The molecule has 2 saturated heterocycles. The van der Waals surface area contributed by atoms with Crippen LogP contribution in [0.1, 0.15) is 32.1 Å². The predicted molar refractivity (Wildman–Crippen MR) is 69.7 cm³/mol. The fourth-order valence-electron chi connectivity index (χ4n) is 2.69. The molecule has 17 heavy (non-hydrogen) atoms. The van der Waals surface area contributed by atoms with Crippen LogP contribution in [0.3, 0.4) is 0 Å². The van der Waals surface area contributed by atoms with E-state index < -0.39 is 5.41 Å². The lowest BCUT2D eigenvalue weighted by Crippen LogP contribution is -2.54. The van der Waals surface area contributed by atoms with Gasteiger partial charge in [-0.15, -0.1) is 0 Å². The first-order chi connectivity index (χ1) is 8.17. The zero-order chi connectivity index (χ0) is 12.3. The van der Waals surface area contributed by atoms with Gasteiger partial charge in [0.05, 0.1) is 4.99 Å². The van der Waals surface area contributed by atoms with Crippen LogP contribution in [-0.4, -0.2) is 42.1 Å². The molecule has 4 nitrogen and oxygen atoms in total. The summed E-state index contributed by atoms with van der Waals surface area (Å²) in [6.45, 7) is 2.86. The summed E-state index contributed by atoms with van der Waals surface area (Å²) in [4.78, 5) is 14.9. The lowest BCUT2D eigenvalue weighted by Gasteiger charge is -2.40. The Bertz CT molecular complexity index is 308. The van der Waals surface area contributed by atoms with Gasteiger partial charge in [-0.2, -0.15) is 0 Å². The number of amides is 1. The van der Waals surface area contributed by atoms with Gasteiger partial charge >= 0.3 is 0 Å². The van der Waals surface area contributed by atoms with E-state index in [0.29, 0.717) is 31.0 Å². The summed E-state index contributed by atoms with van der Waals surface area (Å²) in [6, 6.07) is 0. The van der Waals surface area contributed by atoms with Crippen molar-refractivity contribution in [2.75, 3.05) is 26.3 Å². The predicted octanol–water partition coefficient (Wildman–Crippen LogP) is 1.08. The number of thiocarbonyl (C=S) groups is 1. The van der Waals surface area contributed by atoms with Crippen molar-refractivity contribution in [3.63, 3.8) is 0 Å². The van der Waals surface area contributed by atoms with Crippen molar-refractivity contribution < 1.29 is 9.53 Å². The largest absolute Gasteiger partial charge is 0.392 e. The highest BCUT2D eigenvalue weighted by Gasteiger charge is 2.45. The molecule has 0 unspecified atom stereocenters. The molecule has 2 fully saturated rings. The van der Waals surface area contributed by atoms with Gasteiger partial charge in [0.15, 0.2) is 0 Å².